The molecule has 0 spiro atoms. The van der Waals surface area contributed by atoms with Gasteiger partial charge in [-0.15, -0.1) is 0 Å². The first-order chi connectivity index (χ1) is 8.65. The lowest BCUT2D eigenvalue weighted by molar-refractivity contribution is -0.137. The Kier molecular flexibility index (Phi) is 6.45. The van der Waals surface area contributed by atoms with Gasteiger partial charge in [0.25, 0.3) is 0 Å². The van der Waals surface area contributed by atoms with Gasteiger partial charge in [-0.25, -0.2) is 4.79 Å². The van der Waals surface area contributed by atoms with Gasteiger partial charge in [-0.3, -0.25) is 4.79 Å². The average molecular weight is 259 g/mol. The minimum Gasteiger partial charge on any atom is -0.480 e. The Hall–Kier alpha value is -1.34. The quantitative estimate of drug-likeness (QED) is 0.691. The minimum atomic E-state index is -1.01. The average Bonchev–Trinajstić information content (AvgIpc) is 2.61. The highest BCUT2D eigenvalue weighted by Gasteiger charge is 2.23. The first-order valence-electron chi connectivity index (χ1n) is 6.10. The first kappa shape index (κ1) is 14.7. The molecule has 7 heteroatoms. The molecule has 0 unspecified atom stereocenters. The summed E-state index contributed by atoms with van der Waals surface area (Å²) < 4.78 is 4.90. The zero-order valence-corrected chi connectivity index (χ0v) is 10.7. The fourth-order valence-corrected chi connectivity index (χ4v) is 1.84. The molecule has 0 aromatic heterocycles. The number of nitrogens with one attached hydrogen (secondary N) is 1. The minimum absolute atomic E-state index is 0.224. The van der Waals surface area contributed by atoms with Crippen molar-refractivity contribution in [3.63, 3.8) is 0 Å². The fraction of sp³-hybridized carbons (Fsp3) is 0.818. The maximum atomic E-state index is 12.2. The molecule has 0 saturated carbocycles. The van der Waals surface area contributed by atoms with Crippen molar-refractivity contribution in [3.05, 3.63) is 0 Å². The van der Waals surface area contributed by atoms with Gasteiger partial charge < -0.3 is 25.0 Å². The van der Waals surface area contributed by atoms with Gasteiger partial charge in [0.1, 0.15) is 6.54 Å². The molecule has 1 aliphatic heterocycles. The van der Waals surface area contributed by atoms with Crippen molar-refractivity contribution in [1.29, 1.82) is 0 Å². The molecule has 1 saturated heterocycles. The maximum absolute atomic E-state index is 12.2. The lowest BCUT2D eigenvalue weighted by Gasteiger charge is -2.28. The molecule has 0 bridgehead atoms. The normalized spacial score (nSPS) is 16.2. The van der Waals surface area contributed by atoms with Crippen LogP contribution in [-0.4, -0.2) is 79.9 Å². The Balaban J connectivity index is 2.57. The number of hydrogen-bond donors (Lipinski definition) is 2. The van der Waals surface area contributed by atoms with E-state index in [2.05, 4.69) is 5.32 Å². The van der Waals surface area contributed by atoms with E-state index in [-0.39, 0.29) is 12.6 Å². The Morgan fingerprint density at radius 3 is 2.83 bits per heavy atom. The molecule has 1 aliphatic rings. The molecule has 0 aliphatic carbocycles. The first-order valence-corrected chi connectivity index (χ1v) is 6.10. The third kappa shape index (κ3) is 4.89. The van der Waals surface area contributed by atoms with E-state index < -0.39 is 5.97 Å². The number of ether oxygens (including phenoxy) is 1. The zero-order chi connectivity index (χ0) is 13.4. The SMILES string of the molecule is COCCN(CC(=O)O)C(=O)N1CCCNCC1. The molecule has 1 rings (SSSR count). The smallest absolute Gasteiger partial charge is 0.323 e. The number of rotatable bonds is 5. The summed E-state index contributed by atoms with van der Waals surface area (Å²) in [6, 6.07) is -0.224. The van der Waals surface area contributed by atoms with E-state index in [0.717, 1.165) is 19.5 Å². The van der Waals surface area contributed by atoms with Crippen LogP contribution < -0.4 is 5.32 Å². The van der Waals surface area contributed by atoms with Crippen LogP contribution in [0.5, 0.6) is 0 Å². The predicted molar refractivity (Wildman–Crippen MR) is 65.5 cm³/mol. The van der Waals surface area contributed by atoms with Gasteiger partial charge in [-0.05, 0) is 13.0 Å². The van der Waals surface area contributed by atoms with Crippen molar-refractivity contribution in [1.82, 2.24) is 15.1 Å². The largest absolute Gasteiger partial charge is 0.480 e. The fourth-order valence-electron chi connectivity index (χ4n) is 1.84. The van der Waals surface area contributed by atoms with E-state index in [1.807, 2.05) is 0 Å². The van der Waals surface area contributed by atoms with Crippen molar-refractivity contribution in [2.75, 3.05) is 53.0 Å². The number of carboxylic acids is 1. The number of nitrogens with zero attached hydrogens (tertiary/aromatic N) is 2. The van der Waals surface area contributed by atoms with Gasteiger partial charge in [0.2, 0.25) is 0 Å². The van der Waals surface area contributed by atoms with E-state index in [1.165, 1.54) is 12.0 Å². The monoisotopic (exact) mass is 259 g/mol. The predicted octanol–water partition coefficient (Wildman–Crippen LogP) is -0.565. The third-order valence-electron chi connectivity index (χ3n) is 2.77. The summed E-state index contributed by atoms with van der Waals surface area (Å²) in [6.07, 6.45) is 0.886. The van der Waals surface area contributed by atoms with Crippen LogP contribution >= 0.6 is 0 Å². The van der Waals surface area contributed by atoms with E-state index in [9.17, 15) is 9.59 Å². The summed E-state index contributed by atoms with van der Waals surface area (Å²) >= 11 is 0. The van der Waals surface area contributed by atoms with Crippen LogP contribution in [0.1, 0.15) is 6.42 Å². The number of hydrogen-bond acceptors (Lipinski definition) is 4. The van der Waals surface area contributed by atoms with Gasteiger partial charge in [0, 0.05) is 33.3 Å². The molecule has 2 N–H and O–H groups in total. The Morgan fingerprint density at radius 1 is 1.39 bits per heavy atom. The summed E-state index contributed by atoms with van der Waals surface area (Å²) in [5.41, 5.74) is 0. The molecule has 0 aromatic carbocycles. The molecular formula is C11H21N3O4. The van der Waals surface area contributed by atoms with E-state index in [0.29, 0.717) is 26.2 Å². The molecular weight excluding hydrogens is 238 g/mol. The van der Waals surface area contributed by atoms with Crippen LogP contribution in [-0.2, 0) is 9.53 Å². The Morgan fingerprint density at radius 2 is 2.17 bits per heavy atom. The van der Waals surface area contributed by atoms with Crippen molar-refractivity contribution >= 4 is 12.0 Å². The van der Waals surface area contributed by atoms with Crippen LogP contribution in [0, 0.1) is 0 Å². The van der Waals surface area contributed by atoms with E-state index in [4.69, 9.17) is 9.84 Å². The third-order valence-corrected chi connectivity index (χ3v) is 2.77. The summed E-state index contributed by atoms with van der Waals surface area (Å²) in [4.78, 5) is 26.0. The topological polar surface area (TPSA) is 82.1 Å². The molecule has 0 atom stereocenters. The second-order valence-corrected chi connectivity index (χ2v) is 4.18. The standard InChI is InChI=1S/C11H21N3O4/c1-18-8-7-14(9-10(15)16)11(17)13-5-2-3-12-4-6-13/h12H,2-9H2,1H3,(H,15,16). The van der Waals surface area contributed by atoms with Crippen molar-refractivity contribution in [2.24, 2.45) is 0 Å². The number of methoxy groups -OCH3 is 1. The molecule has 1 heterocycles. The molecule has 2 amide bonds. The highest BCUT2D eigenvalue weighted by molar-refractivity contribution is 5.80. The molecule has 0 aromatic rings. The second-order valence-electron chi connectivity index (χ2n) is 4.18. The Labute approximate surface area is 107 Å². The number of carbonyl (C=O) groups is 2. The number of carbonyl (C=O) groups excluding carboxylic acids is 1. The summed E-state index contributed by atoms with van der Waals surface area (Å²) in [5.74, 6) is -1.01. The van der Waals surface area contributed by atoms with E-state index in [1.54, 1.807) is 4.90 Å². The summed E-state index contributed by atoms with van der Waals surface area (Å²) in [7, 11) is 1.53. The number of aliphatic carboxylic acids is 1. The summed E-state index contributed by atoms with van der Waals surface area (Å²) in [5, 5.41) is 12.0. The Bertz CT molecular complexity index is 277. The lowest BCUT2D eigenvalue weighted by Crippen LogP contribution is -2.47. The molecule has 0 radical (unpaired) electrons. The van der Waals surface area contributed by atoms with Crippen molar-refractivity contribution in [3.8, 4) is 0 Å². The highest BCUT2D eigenvalue weighted by atomic mass is 16.5. The van der Waals surface area contributed by atoms with E-state index >= 15 is 0 Å². The highest BCUT2D eigenvalue weighted by Crippen LogP contribution is 2.02. The second kappa shape index (κ2) is 7.88. The van der Waals surface area contributed by atoms with Gasteiger partial charge in [0.15, 0.2) is 0 Å². The molecule has 18 heavy (non-hydrogen) atoms. The van der Waals surface area contributed by atoms with Gasteiger partial charge in [0.05, 0.1) is 6.61 Å². The zero-order valence-electron chi connectivity index (χ0n) is 10.7. The van der Waals surface area contributed by atoms with Crippen LogP contribution in [0.15, 0.2) is 0 Å². The van der Waals surface area contributed by atoms with Crippen molar-refractivity contribution < 1.29 is 19.4 Å². The van der Waals surface area contributed by atoms with Gasteiger partial charge in [-0.2, -0.15) is 0 Å². The van der Waals surface area contributed by atoms with Crippen molar-refractivity contribution in [2.45, 2.75) is 6.42 Å². The van der Waals surface area contributed by atoms with Crippen LogP contribution in [0.3, 0.4) is 0 Å². The van der Waals surface area contributed by atoms with Crippen LogP contribution in [0.25, 0.3) is 0 Å². The summed E-state index contributed by atoms with van der Waals surface area (Å²) in [6.45, 7) is 3.26. The molecule has 104 valence electrons. The van der Waals surface area contributed by atoms with Crippen LogP contribution in [0.2, 0.25) is 0 Å². The number of carboxylic acid groups (broad SMARTS) is 1. The van der Waals surface area contributed by atoms with Gasteiger partial charge >= 0.3 is 12.0 Å². The number of urea groups is 1. The molecule has 7 nitrogen and oxygen atoms in total. The lowest BCUT2D eigenvalue weighted by atomic mass is 10.4. The number of amides is 2. The van der Waals surface area contributed by atoms with Gasteiger partial charge in [-0.1, -0.05) is 0 Å². The maximum Gasteiger partial charge on any atom is 0.323 e. The molecule has 1 fully saturated rings. The van der Waals surface area contributed by atoms with Crippen LogP contribution in [0.4, 0.5) is 4.79 Å².